The van der Waals surface area contributed by atoms with Gasteiger partial charge in [0.1, 0.15) is 0 Å². The molecule has 0 spiro atoms. The SMILES string of the molecule is CC1(C(=O)O)CCCCC1NC(=O)c1nn[nH]n1. The Balaban J connectivity index is 2.11. The number of H-pyrrole nitrogens is 1. The number of aromatic amines is 1. The molecule has 0 saturated heterocycles. The number of rotatable bonds is 3. The van der Waals surface area contributed by atoms with Gasteiger partial charge in [-0.25, -0.2) is 0 Å². The lowest BCUT2D eigenvalue weighted by molar-refractivity contribution is -0.151. The first kappa shape index (κ1) is 12.5. The molecule has 2 rings (SSSR count). The van der Waals surface area contributed by atoms with Gasteiger partial charge in [0.15, 0.2) is 0 Å². The highest BCUT2D eigenvalue weighted by Crippen LogP contribution is 2.36. The lowest BCUT2D eigenvalue weighted by Gasteiger charge is -2.38. The van der Waals surface area contributed by atoms with E-state index in [0.29, 0.717) is 12.8 Å². The molecule has 1 amide bonds. The number of tetrazole rings is 1. The summed E-state index contributed by atoms with van der Waals surface area (Å²) in [5.74, 6) is -1.46. The van der Waals surface area contributed by atoms with Crippen LogP contribution in [0.3, 0.4) is 0 Å². The Morgan fingerprint density at radius 1 is 1.50 bits per heavy atom. The molecule has 0 radical (unpaired) electrons. The molecule has 1 heterocycles. The molecule has 1 aliphatic carbocycles. The van der Waals surface area contributed by atoms with Crippen molar-refractivity contribution in [2.24, 2.45) is 5.41 Å². The quantitative estimate of drug-likeness (QED) is 0.695. The number of carboxylic acid groups (broad SMARTS) is 1. The number of carboxylic acids is 1. The molecule has 0 bridgehead atoms. The molecule has 98 valence electrons. The van der Waals surface area contributed by atoms with Crippen molar-refractivity contribution in [3.63, 3.8) is 0 Å². The first-order valence-electron chi connectivity index (χ1n) is 5.82. The summed E-state index contributed by atoms with van der Waals surface area (Å²) in [4.78, 5) is 23.1. The summed E-state index contributed by atoms with van der Waals surface area (Å²) in [7, 11) is 0. The number of amides is 1. The molecule has 8 heteroatoms. The minimum absolute atomic E-state index is 0.0756. The van der Waals surface area contributed by atoms with Crippen LogP contribution in [0.4, 0.5) is 0 Å². The molecule has 2 atom stereocenters. The molecule has 1 fully saturated rings. The third kappa shape index (κ3) is 2.18. The van der Waals surface area contributed by atoms with E-state index in [-0.39, 0.29) is 5.82 Å². The van der Waals surface area contributed by atoms with Gasteiger partial charge in [0.2, 0.25) is 0 Å². The molecular formula is C10H15N5O3. The normalized spacial score (nSPS) is 27.7. The van der Waals surface area contributed by atoms with Crippen LogP contribution in [0.5, 0.6) is 0 Å². The van der Waals surface area contributed by atoms with Crippen molar-refractivity contribution in [3.8, 4) is 0 Å². The van der Waals surface area contributed by atoms with Gasteiger partial charge in [-0.15, -0.1) is 10.2 Å². The number of aromatic nitrogens is 4. The second-order valence-corrected chi connectivity index (χ2v) is 4.73. The molecule has 0 aliphatic heterocycles. The highest BCUT2D eigenvalue weighted by molar-refractivity contribution is 5.91. The van der Waals surface area contributed by atoms with Crippen LogP contribution in [0.25, 0.3) is 0 Å². The fourth-order valence-corrected chi connectivity index (χ4v) is 2.30. The smallest absolute Gasteiger partial charge is 0.311 e. The lowest BCUT2D eigenvalue weighted by Crippen LogP contribution is -2.52. The van der Waals surface area contributed by atoms with Crippen LogP contribution in [0, 0.1) is 5.41 Å². The highest BCUT2D eigenvalue weighted by atomic mass is 16.4. The van der Waals surface area contributed by atoms with Gasteiger partial charge in [-0.2, -0.15) is 5.21 Å². The molecule has 8 nitrogen and oxygen atoms in total. The van der Waals surface area contributed by atoms with Crippen LogP contribution in [0.15, 0.2) is 0 Å². The van der Waals surface area contributed by atoms with E-state index in [2.05, 4.69) is 25.9 Å². The Morgan fingerprint density at radius 2 is 2.28 bits per heavy atom. The average Bonchev–Trinajstić information content (AvgIpc) is 2.85. The van der Waals surface area contributed by atoms with Gasteiger partial charge in [-0.3, -0.25) is 9.59 Å². The standard InChI is InChI=1S/C10H15N5O3/c1-10(9(17)18)5-3-2-4-6(10)11-8(16)7-12-14-15-13-7/h6H,2-5H2,1H3,(H,11,16)(H,17,18)(H,12,13,14,15). The third-order valence-corrected chi connectivity index (χ3v) is 3.55. The first-order valence-corrected chi connectivity index (χ1v) is 5.82. The molecule has 3 N–H and O–H groups in total. The van der Waals surface area contributed by atoms with E-state index >= 15 is 0 Å². The molecule has 1 saturated carbocycles. The van der Waals surface area contributed by atoms with Crippen molar-refractivity contribution in [2.45, 2.75) is 38.6 Å². The summed E-state index contributed by atoms with van der Waals surface area (Å²) in [6.07, 6.45) is 2.96. The van der Waals surface area contributed by atoms with Gasteiger partial charge >= 0.3 is 5.97 Å². The van der Waals surface area contributed by atoms with Crippen LogP contribution >= 0.6 is 0 Å². The number of nitrogens with zero attached hydrogens (tertiary/aromatic N) is 3. The fraction of sp³-hybridized carbons (Fsp3) is 0.700. The van der Waals surface area contributed by atoms with Crippen LogP contribution in [0.2, 0.25) is 0 Å². The maximum atomic E-state index is 11.8. The van der Waals surface area contributed by atoms with E-state index in [1.54, 1.807) is 6.92 Å². The summed E-state index contributed by atoms with van der Waals surface area (Å²) >= 11 is 0. The second-order valence-electron chi connectivity index (χ2n) is 4.73. The lowest BCUT2D eigenvalue weighted by atomic mass is 9.71. The number of hydrogen-bond acceptors (Lipinski definition) is 5. The number of nitrogens with one attached hydrogen (secondary N) is 2. The third-order valence-electron chi connectivity index (χ3n) is 3.55. The Bertz CT molecular complexity index is 446. The van der Waals surface area contributed by atoms with E-state index in [1.165, 1.54) is 0 Å². The van der Waals surface area contributed by atoms with Crippen LogP contribution in [-0.4, -0.2) is 43.6 Å². The maximum Gasteiger partial charge on any atom is 0.311 e. The van der Waals surface area contributed by atoms with Crippen molar-refractivity contribution >= 4 is 11.9 Å². The Morgan fingerprint density at radius 3 is 2.89 bits per heavy atom. The monoisotopic (exact) mass is 253 g/mol. The second kappa shape index (κ2) is 4.71. The molecule has 18 heavy (non-hydrogen) atoms. The average molecular weight is 253 g/mol. The van der Waals surface area contributed by atoms with Gasteiger partial charge in [0.05, 0.1) is 5.41 Å². The van der Waals surface area contributed by atoms with E-state index in [1.807, 2.05) is 0 Å². The van der Waals surface area contributed by atoms with E-state index in [4.69, 9.17) is 0 Å². The van der Waals surface area contributed by atoms with Gasteiger partial charge in [-0.05, 0) is 25.0 Å². The Hall–Kier alpha value is -1.99. The summed E-state index contributed by atoms with van der Waals surface area (Å²) in [6.45, 7) is 1.66. The number of aliphatic carboxylic acids is 1. The van der Waals surface area contributed by atoms with Gasteiger partial charge in [0, 0.05) is 6.04 Å². The number of carbonyl (C=O) groups excluding carboxylic acids is 1. The van der Waals surface area contributed by atoms with Crippen molar-refractivity contribution in [2.75, 3.05) is 0 Å². The van der Waals surface area contributed by atoms with E-state index in [9.17, 15) is 14.7 Å². The zero-order valence-corrected chi connectivity index (χ0v) is 10.0. The minimum atomic E-state index is -0.933. The van der Waals surface area contributed by atoms with Crippen molar-refractivity contribution in [1.82, 2.24) is 25.9 Å². The topological polar surface area (TPSA) is 121 Å². The van der Waals surface area contributed by atoms with Crippen molar-refractivity contribution in [1.29, 1.82) is 0 Å². The molecular weight excluding hydrogens is 238 g/mol. The fourth-order valence-electron chi connectivity index (χ4n) is 2.30. The summed E-state index contributed by atoms with van der Waals surface area (Å²) in [5.41, 5.74) is -0.933. The molecule has 2 unspecified atom stereocenters. The van der Waals surface area contributed by atoms with E-state index < -0.39 is 23.3 Å². The summed E-state index contributed by atoms with van der Waals surface area (Å²) in [5, 5.41) is 24.6. The summed E-state index contributed by atoms with van der Waals surface area (Å²) in [6, 6.07) is -0.408. The molecule has 1 aliphatic rings. The number of hydrogen-bond donors (Lipinski definition) is 3. The zero-order valence-electron chi connectivity index (χ0n) is 10.0. The molecule has 0 aromatic carbocycles. The van der Waals surface area contributed by atoms with Gasteiger partial charge in [0.25, 0.3) is 11.7 Å². The van der Waals surface area contributed by atoms with Crippen LogP contribution < -0.4 is 5.32 Å². The highest BCUT2D eigenvalue weighted by Gasteiger charge is 2.44. The minimum Gasteiger partial charge on any atom is -0.481 e. The van der Waals surface area contributed by atoms with Crippen LogP contribution in [-0.2, 0) is 4.79 Å². The maximum absolute atomic E-state index is 11.8. The predicted octanol–water partition coefficient (Wildman–Crippen LogP) is -0.0370. The zero-order chi connectivity index (χ0) is 13.2. The van der Waals surface area contributed by atoms with Crippen molar-refractivity contribution < 1.29 is 14.7 Å². The van der Waals surface area contributed by atoms with Crippen LogP contribution in [0.1, 0.15) is 43.2 Å². The number of carbonyl (C=O) groups is 2. The van der Waals surface area contributed by atoms with Gasteiger partial charge < -0.3 is 10.4 Å². The predicted molar refractivity (Wildman–Crippen MR) is 59.6 cm³/mol. The molecule has 1 aromatic heterocycles. The van der Waals surface area contributed by atoms with Crippen molar-refractivity contribution in [3.05, 3.63) is 5.82 Å². The summed E-state index contributed by atoms with van der Waals surface area (Å²) < 4.78 is 0. The largest absolute Gasteiger partial charge is 0.481 e. The first-order chi connectivity index (χ1) is 8.54. The van der Waals surface area contributed by atoms with E-state index in [0.717, 1.165) is 12.8 Å². The van der Waals surface area contributed by atoms with Gasteiger partial charge in [-0.1, -0.05) is 12.8 Å². The molecule has 1 aromatic rings. The Labute approximate surface area is 103 Å². The Kier molecular flexibility index (Phi) is 3.26.